The predicted octanol–water partition coefficient (Wildman–Crippen LogP) is 1.77. The fourth-order valence-electron chi connectivity index (χ4n) is 2.95. The lowest BCUT2D eigenvalue weighted by Gasteiger charge is -2.36. The Morgan fingerprint density at radius 1 is 1.11 bits per heavy atom. The van der Waals surface area contributed by atoms with Gasteiger partial charge in [-0.2, -0.15) is 0 Å². The maximum atomic E-state index is 6.33. The van der Waals surface area contributed by atoms with Gasteiger partial charge in [-0.25, -0.2) is 0 Å². The molecule has 0 bridgehead atoms. The van der Waals surface area contributed by atoms with Crippen LogP contribution in [0.25, 0.3) is 0 Å². The van der Waals surface area contributed by atoms with E-state index in [1.165, 1.54) is 50.1 Å². The van der Waals surface area contributed by atoms with Gasteiger partial charge in [-0.1, -0.05) is 29.8 Å². The van der Waals surface area contributed by atoms with E-state index in [-0.39, 0.29) is 6.04 Å². The van der Waals surface area contributed by atoms with Gasteiger partial charge in [0.05, 0.1) is 0 Å². The fraction of sp³-hybridized carbons (Fsp3) is 0.625. The maximum Gasteiger partial charge on any atom is 0.0424 e. The largest absolute Gasteiger partial charge is 0.323 e. The summed E-state index contributed by atoms with van der Waals surface area (Å²) in [6, 6.07) is 9.70. The van der Waals surface area contributed by atoms with Gasteiger partial charge < -0.3 is 5.73 Å². The molecule has 1 saturated heterocycles. The Labute approximate surface area is 116 Å². The second kappa shape index (κ2) is 5.61. The van der Waals surface area contributed by atoms with E-state index in [9.17, 15) is 0 Å². The summed E-state index contributed by atoms with van der Waals surface area (Å²) in [6.45, 7) is 7.91. The molecule has 3 rings (SSSR count). The van der Waals surface area contributed by atoms with Crippen molar-refractivity contribution in [3.63, 3.8) is 0 Å². The number of nitrogens with zero attached hydrogens (tertiary/aromatic N) is 2. The highest BCUT2D eigenvalue weighted by atomic mass is 15.3. The molecular formula is C16H25N3. The molecule has 104 valence electrons. The van der Waals surface area contributed by atoms with Crippen LogP contribution in [-0.2, 0) is 0 Å². The molecule has 1 aliphatic carbocycles. The average Bonchev–Trinajstić information content (AvgIpc) is 3.25. The van der Waals surface area contributed by atoms with Crippen molar-refractivity contribution in [2.75, 3.05) is 32.7 Å². The highest BCUT2D eigenvalue weighted by Crippen LogP contribution is 2.27. The number of hydrogen-bond acceptors (Lipinski definition) is 3. The van der Waals surface area contributed by atoms with Gasteiger partial charge >= 0.3 is 0 Å². The third kappa shape index (κ3) is 3.35. The molecule has 0 radical (unpaired) electrons. The van der Waals surface area contributed by atoms with Gasteiger partial charge in [0.2, 0.25) is 0 Å². The van der Waals surface area contributed by atoms with Gasteiger partial charge in [0, 0.05) is 44.8 Å². The summed E-state index contributed by atoms with van der Waals surface area (Å²) >= 11 is 0. The molecule has 1 saturated carbocycles. The van der Waals surface area contributed by atoms with Crippen LogP contribution < -0.4 is 5.73 Å². The number of piperazine rings is 1. The zero-order valence-electron chi connectivity index (χ0n) is 11.9. The Bertz CT molecular complexity index is 403. The highest BCUT2D eigenvalue weighted by Gasteiger charge is 2.31. The minimum Gasteiger partial charge on any atom is -0.323 e. The first kappa shape index (κ1) is 13.1. The summed E-state index contributed by atoms with van der Waals surface area (Å²) in [5, 5.41) is 0. The van der Waals surface area contributed by atoms with Crippen LogP contribution in [0.2, 0.25) is 0 Å². The van der Waals surface area contributed by atoms with Crippen molar-refractivity contribution in [1.29, 1.82) is 0 Å². The van der Waals surface area contributed by atoms with Gasteiger partial charge in [0.1, 0.15) is 0 Å². The van der Waals surface area contributed by atoms with Crippen molar-refractivity contribution >= 4 is 0 Å². The molecule has 1 atom stereocenters. The molecule has 2 aliphatic rings. The molecule has 19 heavy (non-hydrogen) atoms. The number of hydrogen-bond donors (Lipinski definition) is 1. The lowest BCUT2D eigenvalue weighted by atomic mass is 10.1. The summed E-state index contributed by atoms with van der Waals surface area (Å²) in [6.07, 6.45) is 2.84. The van der Waals surface area contributed by atoms with E-state index in [0.717, 1.165) is 12.6 Å². The predicted molar refractivity (Wildman–Crippen MR) is 79.1 cm³/mol. The van der Waals surface area contributed by atoms with E-state index in [1.54, 1.807) is 0 Å². The molecule has 1 aromatic carbocycles. The molecule has 2 fully saturated rings. The molecule has 3 nitrogen and oxygen atoms in total. The molecule has 3 heteroatoms. The summed E-state index contributed by atoms with van der Waals surface area (Å²) < 4.78 is 0. The van der Waals surface area contributed by atoms with Crippen molar-refractivity contribution < 1.29 is 0 Å². The monoisotopic (exact) mass is 259 g/mol. The first-order valence-electron chi connectivity index (χ1n) is 7.51. The van der Waals surface area contributed by atoms with Gasteiger partial charge in [-0.15, -0.1) is 0 Å². The normalized spacial score (nSPS) is 23.5. The fourth-order valence-corrected chi connectivity index (χ4v) is 2.95. The standard InChI is InChI=1S/C16H25N3/c1-13-2-4-14(5-3-13)16(17)12-18-8-10-19(11-9-18)15-6-7-15/h2-5,15-16H,6-12,17H2,1H3. The number of nitrogens with two attached hydrogens (primary N) is 1. The second-order valence-electron chi connectivity index (χ2n) is 6.08. The zero-order chi connectivity index (χ0) is 13.2. The van der Waals surface area contributed by atoms with Gasteiger partial charge in [0.15, 0.2) is 0 Å². The van der Waals surface area contributed by atoms with E-state index < -0.39 is 0 Å². The molecule has 1 heterocycles. The van der Waals surface area contributed by atoms with Crippen LogP contribution in [0.15, 0.2) is 24.3 Å². The summed E-state index contributed by atoms with van der Waals surface area (Å²) in [4.78, 5) is 5.16. The Balaban J connectivity index is 1.49. The second-order valence-corrected chi connectivity index (χ2v) is 6.08. The van der Waals surface area contributed by atoms with E-state index in [4.69, 9.17) is 5.73 Å². The van der Waals surface area contributed by atoms with Crippen molar-refractivity contribution in [1.82, 2.24) is 9.80 Å². The average molecular weight is 259 g/mol. The molecule has 2 N–H and O–H groups in total. The number of rotatable bonds is 4. The lowest BCUT2D eigenvalue weighted by molar-refractivity contribution is 0.121. The van der Waals surface area contributed by atoms with E-state index in [0.29, 0.717) is 0 Å². The number of benzene rings is 1. The molecule has 1 aliphatic heterocycles. The Morgan fingerprint density at radius 3 is 2.32 bits per heavy atom. The Hall–Kier alpha value is -0.900. The van der Waals surface area contributed by atoms with Crippen LogP contribution in [0.3, 0.4) is 0 Å². The smallest absolute Gasteiger partial charge is 0.0424 e. The van der Waals surface area contributed by atoms with E-state index in [2.05, 4.69) is 41.0 Å². The molecule has 0 aromatic heterocycles. The maximum absolute atomic E-state index is 6.33. The van der Waals surface area contributed by atoms with Gasteiger partial charge in [-0.05, 0) is 25.3 Å². The highest BCUT2D eigenvalue weighted by molar-refractivity contribution is 5.24. The first-order valence-corrected chi connectivity index (χ1v) is 7.51. The first-order chi connectivity index (χ1) is 9.22. The van der Waals surface area contributed by atoms with Crippen LogP contribution in [0.1, 0.15) is 30.0 Å². The van der Waals surface area contributed by atoms with E-state index in [1.807, 2.05) is 0 Å². The van der Waals surface area contributed by atoms with Crippen LogP contribution >= 0.6 is 0 Å². The molecule has 0 amide bonds. The molecule has 1 unspecified atom stereocenters. The SMILES string of the molecule is Cc1ccc(C(N)CN2CCN(C3CC3)CC2)cc1. The quantitative estimate of drug-likeness (QED) is 0.894. The van der Waals surface area contributed by atoms with E-state index >= 15 is 0 Å². The molecular weight excluding hydrogens is 234 g/mol. The van der Waals surface area contributed by atoms with Crippen LogP contribution in [0, 0.1) is 6.92 Å². The topological polar surface area (TPSA) is 32.5 Å². The Kier molecular flexibility index (Phi) is 3.87. The third-order valence-corrected chi connectivity index (χ3v) is 4.43. The summed E-state index contributed by atoms with van der Waals surface area (Å²) in [5.74, 6) is 0. The van der Waals surface area contributed by atoms with Gasteiger partial charge in [-0.3, -0.25) is 9.80 Å². The summed E-state index contributed by atoms with van der Waals surface area (Å²) in [7, 11) is 0. The van der Waals surface area contributed by atoms with Crippen LogP contribution in [-0.4, -0.2) is 48.6 Å². The third-order valence-electron chi connectivity index (χ3n) is 4.43. The van der Waals surface area contributed by atoms with Crippen LogP contribution in [0.4, 0.5) is 0 Å². The molecule has 0 spiro atoms. The zero-order valence-corrected chi connectivity index (χ0v) is 11.9. The van der Waals surface area contributed by atoms with Crippen molar-refractivity contribution in [3.8, 4) is 0 Å². The van der Waals surface area contributed by atoms with Crippen molar-refractivity contribution in [3.05, 3.63) is 35.4 Å². The minimum absolute atomic E-state index is 0.146. The lowest BCUT2D eigenvalue weighted by Crippen LogP contribution is -2.48. The van der Waals surface area contributed by atoms with Gasteiger partial charge in [0.25, 0.3) is 0 Å². The van der Waals surface area contributed by atoms with Crippen LogP contribution in [0.5, 0.6) is 0 Å². The van der Waals surface area contributed by atoms with Crippen molar-refractivity contribution in [2.45, 2.75) is 31.8 Å². The van der Waals surface area contributed by atoms with Crippen molar-refractivity contribution in [2.24, 2.45) is 5.73 Å². The number of aryl methyl sites for hydroxylation is 1. The Morgan fingerprint density at radius 2 is 1.74 bits per heavy atom. The summed E-state index contributed by atoms with van der Waals surface area (Å²) in [5.41, 5.74) is 8.89. The molecule has 1 aromatic rings. The minimum atomic E-state index is 0.146.